The summed E-state index contributed by atoms with van der Waals surface area (Å²) in [6.07, 6.45) is 1.95. The molecule has 106 valence electrons. The Morgan fingerprint density at radius 3 is 2.37 bits per heavy atom. The van der Waals surface area contributed by atoms with Gasteiger partial charge >= 0.3 is 0 Å². The Morgan fingerprint density at radius 2 is 1.89 bits per heavy atom. The van der Waals surface area contributed by atoms with E-state index < -0.39 is 0 Å². The van der Waals surface area contributed by atoms with Crippen molar-refractivity contribution in [1.29, 1.82) is 0 Å². The molecule has 1 saturated heterocycles. The smallest absolute Gasteiger partial charge is 0.119 e. The molecule has 0 aromatic heterocycles. The largest absolute Gasteiger partial charge is 0.497 e. The van der Waals surface area contributed by atoms with Crippen molar-refractivity contribution in [2.24, 2.45) is 0 Å². The van der Waals surface area contributed by atoms with Gasteiger partial charge in [-0.15, -0.1) is 0 Å². The van der Waals surface area contributed by atoms with E-state index in [1.165, 1.54) is 0 Å². The van der Waals surface area contributed by atoms with Crippen molar-refractivity contribution in [3.05, 3.63) is 24.3 Å². The monoisotopic (exact) mass is 264 g/mol. The molecule has 1 aliphatic heterocycles. The van der Waals surface area contributed by atoms with Crippen molar-refractivity contribution in [2.75, 3.05) is 38.7 Å². The summed E-state index contributed by atoms with van der Waals surface area (Å²) < 4.78 is 5.16. The Morgan fingerprint density at radius 1 is 1.26 bits per heavy atom. The number of likely N-dealkylation sites (tertiary alicyclic amines) is 1. The molecule has 0 radical (unpaired) electrons. The predicted molar refractivity (Wildman–Crippen MR) is 77.8 cm³/mol. The number of aliphatic hydroxyl groups excluding tert-OH is 1. The van der Waals surface area contributed by atoms with E-state index in [4.69, 9.17) is 4.74 Å². The number of piperidine rings is 1. The minimum absolute atomic E-state index is 0.177. The van der Waals surface area contributed by atoms with Crippen molar-refractivity contribution in [3.8, 4) is 5.75 Å². The van der Waals surface area contributed by atoms with Crippen molar-refractivity contribution < 1.29 is 9.84 Å². The van der Waals surface area contributed by atoms with Gasteiger partial charge in [0.25, 0.3) is 0 Å². The topological polar surface area (TPSA) is 44.7 Å². The van der Waals surface area contributed by atoms with Crippen LogP contribution in [-0.4, -0.2) is 48.9 Å². The minimum Gasteiger partial charge on any atom is -0.497 e. The highest BCUT2D eigenvalue weighted by Crippen LogP contribution is 2.27. The van der Waals surface area contributed by atoms with Gasteiger partial charge in [0.2, 0.25) is 0 Å². The molecule has 2 N–H and O–H groups in total. The van der Waals surface area contributed by atoms with Crippen LogP contribution in [0, 0.1) is 0 Å². The van der Waals surface area contributed by atoms with Gasteiger partial charge in [-0.05, 0) is 43.7 Å². The highest BCUT2D eigenvalue weighted by atomic mass is 16.5. The fourth-order valence-corrected chi connectivity index (χ4v) is 2.60. The van der Waals surface area contributed by atoms with Gasteiger partial charge in [-0.3, -0.25) is 0 Å². The highest BCUT2D eigenvalue weighted by molar-refractivity contribution is 5.48. The van der Waals surface area contributed by atoms with Crippen LogP contribution in [-0.2, 0) is 0 Å². The van der Waals surface area contributed by atoms with Crippen LogP contribution in [0.5, 0.6) is 5.75 Å². The molecule has 1 aliphatic rings. The van der Waals surface area contributed by atoms with Crippen molar-refractivity contribution in [3.63, 3.8) is 0 Å². The Kier molecular flexibility index (Phi) is 4.66. The summed E-state index contributed by atoms with van der Waals surface area (Å²) in [5.41, 5.74) is 0.861. The van der Waals surface area contributed by atoms with Crippen LogP contribution in [0.1, 0.15) is 19.8 Å². The van der Waals surface area contributed by atoms with Gasteiger partial charge < -0.3 is 20.1 Å². The quantitative estimate of drug-likeness (QED) is 0.853. The minimum atomic E-state index is -0.180. The predicted octanol–water partition coefficient (Wildman–Crippen LogP) is 1.95. The first-order valence-electron chi connectivity index (χ1n) is 6.97. The Hall–Kier alpha value is -1.26. The molecule has 0 unspecified atom stereocenters. The number of nitrogens with zero attached hydrogens (tertiary/aromatic N) is 1. The summed E-state index contributed by atoms with van der Waals surface area (Å²) in [6.45, 7) is 5.53. The van der Waals surface area contributed by atoms with E-state index >= 15 is 0 Å². The third kappa shape index (κ3) is 3.39. The number of methoxy groups -OCH3 is 1. The second kappa shape index (κ2) is 6.26. The lowest BCUT2D eigenvalue weighted by atomic mass is 9.88. The third-order valence-electron chi connectivity index (χ3n) is 4.06. The maximum Gasteiger partial charge on any atom is 0.119 e. The SMILES string of the molecule is CCN1CCC(CO)(Nc2ccc(OC)cc2)CC1. The summed E-state index contributed by atoms with van der Waals surface area (Å²) >= 11 is 0. The number of anilines is 1. The molecule has 0 spiro atoms. The fourth-order valence-electron chi connectivity index (χ4n) is 2.60. The van der Waals surface area contributed by atoms with Gasteiger partial charge in [-0.2, -0.15) is 0 Å². The second-order valence-corrected chi connectivity index (χ2v) is 5.23. The van der Waals surface area contributed by atoms with E-state index in [0.29, 0.717) is 0 Å². The first-order valence-corrected chi connectivity index (χ1v) is 6.97. The molecule has 0 saturated carbocycles. The van der Waals surface area contributed by atoms with Crippen LogP contribution in [0.15, 0.2) is 24.3 Å². The number of benzene rings is 1. The molecule has 0 atom stereocenters. The molecular formula is C15H24N2O2. The van der Waals surface area contributed by atoms with Crippen LogP contribution in [0.3, 0.4) is 0 Å². The van der Waals surface area contributed by atoms with E-state index in [1.54, 1.807) is 7.11 Å². The van der Waals surface area contributed by atoms with Gasteiger partial charge in [0.05, 0.1) is 19.3 Å². The first kappa shape index (κ1) is 14.2. The molecule has 1 aromatic rings. The average Bonchev–Trinajstić information content (AvgIpc) is 2.49. The van der Waals surface area contributed by atoms with Crippen LogP contribution in [0.4, 0.5) is 5.69 Å². The van der Waals surface area contributed by atoms with Gasteiger partial charge in [0, 0.05) is 18.8 Å². The van der Waals surface area contributed by atoms with Crippen LogP contribution < -0.4 is 10.1 Å². The summed E-state index contributed by atoms with van der Waals surface area (Å²) in [5.74, 6) is 0.851. The van der Waals surface area contributed by atoms with Gasteiger partial charge in [0.1, 0.15) is 5.75 Å². The molecule has 4 heteroatoms. The summed E-state index contributed by atoms with van der Waals surface area (Å²) in [7, 11) is 1.66. The van der Waals surface area contributed by atoms with Crippen LogP contribution in [0.25, 0.3) is 0 Å². The van der Waals surface area contributed by atoms with E-state index in [1.807, 2.05) is 24.3 Å². The maximum atomic E-state index is 9.76. The number of nitrogens with one attached hydrogen (secondary N) is 1. The van der Waals surface area contributed by atoms with E-state index in [2.05, 4.69) is 17.1 Å². The van der Waals surface area contributed by atoms with Gasteiger partial charge in [0.15, 0.2) is 0 Å². The standard InChI is InChI=1S/C15H24N2O2/c1-3-17-10-8-15(12-18,9-11-17)16-13-4-6-14(19-2)7-5-13/h4-7,16,18H,3,8-12H2,1-2H3. The zero-order valence-electron chi connectivity index (χ0n) is 11.9. The number of ether oxygens (including phenoxy) is 1. The molecule has 19 heavy (non-hydrogen) atoms. The molecule has 0 bridgehead atoms. The molecular weight excluding hydrogens is 240 g/mol. The molecule has 1 fully saturated rings. The molecule has 1 heterocycles. The second-order valence-electron chi connectivity index (χ2n) is 5.23. The molecule has 0 amide bonds. The number of hydrogen-bond acceptors (Lipinski definition) is 4. The fraction of sp³-hybridized carbons (Fsp3) is 0.600. The summed E-state index contributed by atoms with van der Waals surface area (Å²) in [6, 6.07) is 7.88. The van der Waals surface area contributed by atoms with Crippen molar-refractivity contribution in [2.45, 2.75) is 25.3 Å². The summed E-state index contributed by atoms with van der Waals surface area (Å²) in [4.78, 5) is 2.42. The third-order valence-corrected chi connectivity index (χ3v) is 4.06. The molecule has 4 nitrogen and oxygen atoms in total. The zero-order chi connectivity index (χ0) is 13.7. The van der Waals surface area contributed by atoms with Gasteiger partial charge in [-0.25, -0.2) is 0 Å². The van der Waals surface area contributed by atoms with Crippen molar-refractivity contribution >= 4 is 5.69 Å². The van der Waals surface area contributed by atoms with E-state index in [0.717, 1.165) is 43.9 Å². The first-order chi connectivity index (χ1) is 9.21. The van der Waals surface area contributed by atoms with Crippen molar-refractivity contribution in [1.82, 2.24) is 4.90 Å². The molecule has 2 rings (SSSR count). The lowest BCUT2D eigenvalue weighted by molar-refractivity contribution is 0.122. The van der Waals surface area contributed by atoms with E-state index in [-0.39, 0.29) is 12.1 Å². The molecule has 1 aromatic carbocycles. The normalized spacial score (nSPS) is 19.1. The average molecular weight is 264 g/mol. The zero-order valence-corrected chi connectivity index (χ0v) is 11.9. The summed E-state index contributed by atoms with van der Waals surface area (Å²) in [5, 5.41) is 13.3. The lowest BCUT2D eigenvalue weighted by Crippen LogP contribution is -2.51. The number of rotatable bonds is 5. The number of aliphatic hydroxyl groups is 1. The Bertz CT molecular complexity index is 384. The lowest BCUT2D eigenvalue weighted by Gasteiger charge is -2.41. The highest BCUT2D eigenvalue weighted by Gasteiger charge is 2.33. The Labute approximate surface area is 115 Å². The van der Waals surface area contributed by atoms with Crippen LogP contribution in [0.2, 0.25) is 0 Å². The molecule has 0 aliphatic carbocycles. The van der Waals surface area contributed by atoms with Gasteiger partial charge in [-0.1, -0.05) is 6.92 Å². The maximum absolute atomic E-state index is 9.76. The Balaban J connectivity index is 2.02. The number of hydrogen-bond donors (Lipinski definition) is 2. The van der Waals surface area contributed by atoms with Crippen LogP contribution >= 0.6 is 0 Å². The van der Waals surface area contributed by atoms with E-state index in [9.17, 15) is 5.11 Å².